The van der Waals surface area contributed by atoms with Crippen LogP contribution in [0.3, 0.4) is 0 Å². The van der Waals surface area contributed by atoms with Crippen molar-refractivity contribution in [3.05, 3.63) is 79.8 Å². The number of benzene rings is 1. The van der Waals surface area contributed by atoms with Crippen LogP contribution in [0, 0.1) is 23.3 Å². The smallest absolute Gasteiger partial charge is 0.420 e. The van der Waals surface area contributed by atoms with E-state index in [1.165, 1.54) is 11.0 Å². The number of carbonyl (C=O) groups excluding carboxylic acids is 2. The second kappa shape index (κ2) is 41.4. The molecule has 0 saturated carbocycles. The minimum atomic E-state index is -4.63. The van der Waals surface area contributed by atoms with Crippen LogP contribution in [0.2, 0.25) is 0 Å². The molecule has 0 unspecified atom stereocenters. The summed E-state index contributed by atoms with van der Waals surface area (Å²) >= 11 is 1.58. The number of alkyl halides is 3. The number of ether oxygens (including phenoxy) is 11. The summed E-state index contributed by atoms with van der Waals surface area (Å²) in [4.78, 5) is 41.7. The van der Waals surface area contributed by atoms with Gasteiger partial charge < -0.3 is 72.5 Å². The number of rotatable bonds is 47. The number of nitrogens with zero attached hydrogens (tertiary/aromatic N) is 5. The first-order valence-corrected chi connectivity index (χ1v) is 28.9. The van der Waals surface area contributed by atoms with Crippen molar-refractivity contribution >= 4 is 40.8 Å². The molecule has 2 aromatic heterocycles. The van der Waals surface area contributed by atoms with Crippen molar-refractivity contribution in [2.75, 3.05) is 173 Å². The molecule has 1 amide bonds. The molecule has 0 spiro atoms. The Morgan fingerprint density at radius 2 is 1.13 bits per heavy atom. The van der Waals surface area contributed by atoms with E-state index >= 15 is 0 Å². The highest BCUT2D eigenvalue weighted by Gasteiger charge is 2.36. The zero-order valence-corrected chi connectivity index (χ0v) is 49.5. The maximum absolute atomic E-state index is 14.0. The van der Waals surface area contributed by atoms with Gasteiger partial charge in [0.1, 0.15) is 11.5 Å². The van der Waals surface area contributed by atoms with Gasteiger partial charge in [-0.05, 0) is 77.1 Å². The highest BCUT2D eigenvalue weighted by atomic mass is 32.1. The number of hydrogen-bond acceptors (Lipinski definition) is 19. The summed E-state index contributed by atoms with van der Waals surface area (Å²) in [6, 6.07) is 5.04. The number of pyridine rings is 1. The third-order valence-corrected chi connectivity index (χ3v) is 13.2. The Morgan fingerprint density at radius 3 is 1.62 bits per heavy atom. The molecule has 27 heteroatoms. The average molecular weight is 1230 g/mol. The number of thiophene rings is 1. The molecule has 0 radical (unpaired) electrons. The van der Waals surface area contributed by atoms with E-state index in [1.807, 2.05) is 19.1 Å². The lowest BCUT2D eigenvalue weighted by Gasteiger charge is -2.24. The number of aryl methyl sites for hydroxylation is 1. The van der Waals surface area contributed by atoms with Crippen molar-refractivity contribution in [3.63, 3.8) is 0 Å². The summed E-state index contributed by atoms with van der Waals surface area (Å²) in [6.07, 6.45) is 1.46. The fourth-order valence-electron chi connectivity index (χ4n) is 7.98. The molecule has 0 fully saturated rings. The number of likely N-dealkylation sites (N-methyl/N-ethyl adjacent to an activating group) is 1. The number of fused-ring (bicyclic) bond motifs is 1. The second-order valence-corrected chi connectivity index (χ2v) is 20.6. The van der Waals surface area contributed by atoms with Gasteiger partial charge in [-0.15, -0.1) is 11.3 Å². The molecule has 19 nitrogen and oxygen atoms in total. The molecule has 1 aliphatic heterocycles. The Hall–Kier alpha value is -4.75. The molecular weight excluding hydrogens is 1140 g/mol. The topological polar surface area (TPSA) is 197 Å². The molecule has 0 bridgehead atoms. The third kappa shape index (κ3) is 29.1. The van der Waals surface area contributed by atoms with E-state index in [9.17, 15) is 40.3 Å². The lowest BCUT2D eigenvalue weighted by atomic mass is 10.1. The van der Waals surface area contributed by atoms with Crippen LogP contribution >= 0.6 is 11.3 Å². The summed E-state index contributed by atoms with van der Waals surface area (Å²) in [7, 11) is 5.47. The normalized spacial score (nSPS) is 12.7. The van der Waals surface area contributed by atoms with Crippen molar-refractivity contribution in [2.45, 2.75) is 71.1 Å². The number of esters is 1. The van der Waals surface area contributed by atoms with Crippen molar-refractivity contribution in [3.8, 4) is 5.75 Å². The second-order valence-electron chi connectivity index (χ2n) is 19.4. The molecule has 3 heterocycles. The average Bonchev–Trinajstić information content (AvgIpc) is 3.65. The van der Waals surface area contributed by atoms with Gasteiger partial charge in [-0.3, -0.25) is 9.59 Å². The van der Waals surface area contributed by atoms with Gasteiger partial charge in [0.15, 0.2) is 11.6 Å². The van der Waals surface area contributed by atoms with Crippen LogP contribution in [0.4, 0.5) is 36.4 Å². The van der Waals surface area contributed by atoms with E-state index in [4.69, 9.17) is 53.1 Å². The van der Waals surface area contributed by atoms with Gasteiger partial charge in [0, 0.05) is 42.6 Å². The number of hydrogen-bond donors (Lipinski definition) is 1. The number of halogens is 7. The fraction of sp³-hybridized carbons (Fsp3) is 0.649. The molecule has 474 valence electrons. The van der Waals surface area contributed by atoms with Gasteiger partial charge in [0.25, 0.3) is 5.91 Å². The Kier molecular flexibility index (Phi) is 35.3. The van der Waals surface area contributed by atoms with E-state index in [0.717, 1.165) is 54.2 Å². The van der Waals surface area contributed by atoms with Gasteiger partial charge in [0.2, 0.25) is 17.4 Å². The van der Waals surface area contributed by atoms with E-state index in [2.05, 4.69) is 26.7 Å². The fourth-order valence-corrected chi connectivity index (χ4v) is 9.09. The standard InChI is InChI=1S/C57H83F7N6O13S/c1-5-13-70(41-44-11-10-42(40-68(2)3)55(66-44)57(62,63)64)56(72)43-36-49-48(67-50(65)37-43)38-45(84-49)9-7-6-8-14-69(4)15-17-74-19-21-76-23-25-78-27-29-80-31-33-82-35-34-81-32-30-79-28-26-77-24-22-75-20-18-73-16-12-51(71)83-54-52(60)46(58)39-47(59)53(54)61/h10-11,36,38-39H,5-9,12-35,37,40-41H2,1-4H3,(H2,65,67). The molecule has 0 atom stereocenters. The summed E-state index contributed by atoms with van der Waals surface area (Å²) in [5.74, 6) is -9.53. The van der Waals surface area contributed by atoms with Crippen LogP contribution in [0.15, 0.2) is 34.8 Å². The molecule has 1 aromatic carbocycles. The molecular formula is C57H83F7N6O13S. The molecule has 84 heavy (non-hydrogen) atoms. The summed E-state index contributed by atoms with van der Waals surface area (Å²) in [5, 5.41) is 0. The third-order valence-electron chi connectivity index (χ3n) is 12.1. The molecule has 2 N–H and O–H groups in total. The first kappa shape index (κ1) is 71.7. The zero-order valence-electron chi connectivity index (χ0n) is 48.7. The first-order chi connectivity index (χ1) is 40.5. The minimum Gasteiger partial charge on any atom is -0.420 e. The Balaban J connectivity index is 0.880. The number of unbranched alkanes of at least 4 members (excludes halogenated alkanes) is 2. The maximum Gasteiger partial charge on any atom is 0.433 e. The molecule has 3 aromatic rings. The molecule has 1 aliphatic rings. The van der Waals surface area contributed by atoms with Crippen LogP contribution in [0.1, 0.15) is 72.2 Å². The quantitative estimate of drug-likeness (QED) is 0.0189. The number of aliphatic imine (C=N–C) groups is 1. The van der Waals surface area contributed by atoms with Gasteiger partial charge in [-0.2, -0.15) is 22.0 Å². The lowest BCUT2D eigenvalue weighted by Crippen LogP contribution is -2.34. The predicted molar refractivity (Wildman–Crippen MR) is 300 cm³/mol. The van der Waals surface area contributed by atoms with Crippen molar-refractivity contribution in [1.29, 1.82) is 0 Å². The lowest BCUT2D eigenvalue weighted by molar-refractivity contribution is -0.142. The van der Waals surface area contributed by atoms with Crippen LogP contribution in [-0.4, -0.2) is 210 Å². The first-order valence-electron chi connectivity index (χ1n) is 28.1. The SMILES string of the molecule is CCCN(Cc1ccc(CN(C)C)c(C(F)(F)F)n1)C(=O)C1=Cc2sc(CCCCCN(C)CCOCCOCCOCCOCCOCCOCCOCCOCCOCCOCCC(=O)Oc3c(F)c(F)cc(F)c3F)cc2N=C(N)C1. The van der Waals surface area contributed by atoms with E-state index in [0.29, 0.717) is 130 Å². The summed E-state index contributed by atoms with van der Waals surface area (Å²) in [5.41, 5.74) is 6.77. The van der Waals surface area contributed by atoms with Crippen molar-refractivity contribution < 1.29 is 92.4 Å². The number of amidine groups is 1. The highest BCUT2D eigenvalue weighted by molar-refractivity contribution is 7.13. The monoisotopic (exact) mass is 1220 g/mol. The number of carbonyl (C=O) groups is 2. The van der Waals surface area contributed by atoms with Crippen molar-refractivity contribution in [2.24, 2.45) is 10.7 Å². The number of nitrogens with two attached hydrogens (primary N) is 1. The van der Waals surface area contributed by atoms with E-state index < -0.39 is 53.3 Å². The Labute approximate surface area is 491 Å². The van der Waals surface area contributed by atoms with Crippen LogP contribution in [-0.2, 0) is 82.6 Å². The Bertz CT molecular complexity index is 2420. The Morgan fingerprint density at radius 1 is 0.631 bits per heavy atom. The van der Waals surface area contributed by atoms with Gasteiger partial charge >= 0.3 is 12.1 Å². The largest absolute Gasteiger partial charge is 0.433 e. The molecule has 0 saturated heterocycles. The van der Waals surface area contributed by atoms with Crippen LogP contribution in [0.25, 0.3) is 6.08 Å². The van der Waals surface area contributed by atoms with Gasteiger partial charge in [-0.1, -0.05) is 19.4 Å². The minimum absolute atomic E-state index is 0.0141. The number of amides is 1. The van der Waals surface area contributed by atoms with Crippen LogP contribution < -0.4 is 10.5 Å². The molecule has 0 aliphatic carbocycles. The van der Waals surface area contributed by atoms with Crippen molar-refractivity contribution in [1.82, 2.24) is 19.7 Å². The summed E-state index contributed by atoms with van der Waals surface area (Å²) < 4.78 is 155. The number of aromatic nitrogens is 1. The predicted octanol–water partition coefficient (Wildman–Crippen LogP) is 7.80. The van der Waals surface area contributed by atoms with E-state index in [-0.39, 0.29) is 69.2 Å². The maximum atomic E-state index is 14.0. The molecule has 4 rings (SSSR count). The van der Waals surface area contributed by atoms with Gasteiger partial charge in [-0.25, -0.2) is 18.8 Å². The van der Waals surface area contributed by atoms with E-state index in [1.54, 1.807) is 36.4 Å². The zero-order chi connectivity index (χ0) is 61.0. The van der Waals surface area contributed by atoms with Gasteiger partial charge in [0.05, 0.1) is 161 Å². The summed E-state index contributed by atoms with van der Waals surface area (Å²) in [6.45, 7) is 11.4. The highest BCUT2D eigenvalue weighted by Crippen LogP contribution is 2.36. The van der Waals surface area contributed by atoms with Crippen LogP contribution in [0.5, 0.6) is 5.75 Å².